The van der Waals surface area contributed by atoms with Crippen LogP contribution in [-0.2, 0) is 29.9 Å². The number of nitrogens with zero attached hydrogens (tertiary/aromatic N) is 3. The van der Waals surface area contributed by atoms with E-state index >= 15 is 0 Å². The molecule has 0 aliphatic heterocycles. The van der Waals surface area contributed by atoms with Gasteiger partial charge in [-0.05, 0) is 31.4 Å². The summed E-state index contributed by atoms with van der Waals surface area (Å²) in [6.45, 7) is 1.37. The number of esters is 1. The predicted octanol–water partition coefficient (Wildman–Crippen LogP) is 5.33. The van der Waals surface area contributed by atoms with Gasteiger partial charge in [-0.15, -0.1) is 11.3 Å². The quantitative estimate of drug-likeness (QED) is 0.366. The summed E-state index contributed by atoms with van der Waals surface area (Å²) in [6.07, 6.45) is -8.15. The number of aromatic nitrogens is 3. The second-order valence-corrected chi connectivity index (χ2v) is 7.19. The highest BCUT2D eigenvalue weighted by Gasteiger charge is 2.41. The molecule has 0 radical (unpaired) electrons. The first-order valence-corrected chi connectivity index (χ1v) is 9.82. The van der Waals surface area contributed by atoms with Crippen molar-refractivity contribution in [1.82, 2.24) is 14.8 Å². The average Bonchev–Trinajstić information content (AvgIpc) is 3.33. The van der Waals surface area contributed by atoms with Gasteiger partial charge < -0.3 is 4.74 Å². The Hall–Kier alpha value is -2.89. The van der Waals surface area contributed by atoms with Crippen LogP contribution < -0.4 is 0 Å². The molecule has 0 saturated carbocycles. The van der Waals surface area contributed by atoms with Gasteiger partial charge in [0.1, 0.15) is 5.56 Å². The minimum atomic E-state index is -4.89. The lowest BCUT2D eigenvalue weighted by molar-refractivity contribution is -0.143. The fraction of sp³-hybridized carbons (Fsp3) is 0.316. The Morgan fingerprint density at radius 3 is 2.52 bits per heavy atom. The standard InChI is InChI=1S/C19H15F6N3O2S/c1-2-30-16(29)14-9-26-28(15(14)19(23,24)25)17-27-13(10-31-17)7-6-11-4-3-5-12(8-11)18(20,21)22/h3-5,8-10H,2,6-7H2,1H3. The monoisotopic (exact) mass is 463 g/mol. The number of hydrogen-bond acceptors (Lipinski definition) is 5. The molecular formula is C19H15F6N3O2S. The van der Waals surface area contributed by atoms with E-state index in [1.807, 2.05) is 0 Å². The fourth-order valence-corrected chi connectivity index (χ4v) is 3.63. The molecule has 31 heavy (non-hydrogen) atoms. The van der Waals surface area contributed by atoms with Crippen LogP contribution in [0.1, 0.15) is 39.8 Å². The van der Waals surface area contributed by atoms with Crippen molar-refractivity contribution in [3.63, 3.8) is 0 Å². The zero-order chi connectivity index (χ0) is 22.8. The molecular weight excluding hydrogens is 448 g/mol. The minimum absolute atomic E-state index is 0.0990. The van der Waals surface area contributed by atoms with E-state index in [0.717, 1.165) is 29.7 Å². The third-order valence-electron chi connectivity index (χ3n) is 4.18. The summed E-state index contributed by atoms with van der Waals surface area (Å²) in [4.78, 5) is 16.0. The lowest BCUT2D eigenvalue weighted by Crippen LogP contribution is -2.18. The van der Waals surface area contributed by atoms with Crippen LogP contribution in [-0.4, -0.2) is 27.3 Å². The smallest absolute Gasteiger partial charge is 0.434 e. The molecule has 0 unspecified atom stereocenters. The topological polar surface area (TPSA) is 57.0 Å². The Morgan fingerprint density at radius 2 is 1.87 bits per heavy atom. The van der Waals surface area contributed by atoms with Crippen LogP contribution in [0.2, 0.25) is 0 Å². The first-order valence-electron chi connectivity index (χ1n) is 8.94. The molecule has 0 fully saturated rings. The van der Waals surface area contributed by atoms with E-state index in [2.05, 4.69) is 14.8 Å². The number of halogens is 6. The number of thiazole rings is 1. The highest BCUT2D eigenvalue weighted by Crippen LogP contribution is 2.35. The summed E-state index contributed by atoms with van der Waals surface area (Å²) < 4.78 is 84.3. The van der Waals surface area contributed by atoms with Crippen molar-refractivity contribution in [2.75, 3.05) is 6.61 Å². The van der Waals surface area contributed by atoms with E-state index in [1.165, 1.54) is 24.4 Å². The van der Waals surface area contributed by atoms with Gasteiger partial charge in [0, 0.05) is 5.38 Å². The van der Waals surface area contributed by atoms with E-state index in [4.69, 9.17) is 0 Å². The number of benzene rings is 1. The number of carbonyl (C=O) groups is 1. The fourth-order valence-electron chi connectivity index (χ4n) is 2.81. The molecule has 2 aromatic heterocycles. The summed E-state index contributed by atoms with van der Waals surface area (Å²) in [5.74, 6) is -1.15. The number of aryl methyl sites for hydroxylation is 2. The van der Waals surface area contributed by atoms with Crippen LogP contribution in [0.25, 0.3) is 5.13 Å². The maximum absolute atomic E-state index is 13.6. The van der Waals surface area contributed by atoms with Crippen molar-refractivity contribution in [1.29, 1.82) is 0 Å². The Kier molecular flexibility index (Phi) is 6.39. The molecule has 3 rings (SSSR count). The van der Waals surface area contributed by atoms with Crippen molar-refractivity contribution in [2.24, 2.45) is 0 Å². The number of ether oxygens (including phenoxy) is 1. The molecule has 1 aromatic carbocycles. The molecule has 0 aliphatic carbocycles. The van der Waals surface area contributed by atoms with Crippen LogP contribution in [0.5, 0.6) is 0 Å². The highest BCUT2D eigenvalue weighted by molar-refractivity contribution is 7.12. The molecule has 0 spiro atoms. The zero-order valence-electron chi connectivity index (χ0n) is 15.9. The second kappa shape index (κ2) is 8.69. The Labute approximate surface area is 176 Å². The van der Waals surface area contributed by atoms with Gasteiger partial charge in [0.15, 0.2) is 5.69 Å². The Balaban J connectivity index is 1.82. The molecule has 0 N–H and O–H groups in total. The molecule has 0 amide bonds. The molecule has 0 bridgehead atoms. The molecule has 2 heterocycles. The molecule has 12 heteroatoms. The normalized spacial score (nSPS) is 12.2. The van der Waals surface area contributed by atoms with Crippen LogP contribution in [0.15, 0.2) is 35.8 Å². The van der Waals surface area contributed by atoms with E-state index in [0.29, 0.717) is 15.9 Å². The molecule has 3 aromatic rings. The first-order chi connectivity index (χ1) is 14.5. The summed E-state index contributed by atoms with van der Waals surface area (Å²) in [7, 11) is 0. The molecule has 0 aliphatic rings. The van der Waals surface area contributed by atoms with Crippen molar-refractivity contribution in [3.8, 4) is 5.13 Å². The van der Waals surface area contributed by atoms with Gasteiger partial charge in [-0.25, -0.2) is 14.5 Å². The average molecular weight is 463 g/mol. The van der Waals surface area contributed by atoms with Crippen LogP contribution in [0.3, 0.4) is 0 Å². The van der Waals surface area contributed by atoms with Crippen LogP contribution >= 0.6 is 11.3 Å². The third kappa shape index (κ3) is 5.24. The zero-order valence-corrected chi connectivity index (χ0v) is 16.7. The summed E-state index contributed by atoms with van der Waals surface area (Å²) in [6, 6.07) is 4.81. The minimum Gasteiger partial charge on any atom is -0.462 e. The third-order valence-corrected chi connectivity index (χ3v) is 5.04. The molecule has 0 saturated heterocycles. The number of rotatable bonds is 6. The summed E-state index contributed by atoms with van der Waals surface area (Å²) in [5.41, 5.74) is -2.00. The van der Waals surface area contributed by atoms with Crippen LogP contribution in [0, 0.1) is 0 Å². The molecule has 166 valence electrons. The van der Waals surface area contributed by atoms with E-state index in [9.17, 15) is 31.1 Å². The van der Waals surface area contributed by atoms with Gasteiger partial charge in [0.2, 0.25) is 5.13 Å². The molecule has 0 atom stereocenters. The number of alkyl halides is 6. The predicted molar refractivity (Wildman–Crippen MR) is 99.0 cm³/mol. The summed E-state index contributed by atoms with van der Waals surface area (Å²) >= 11 is 0.871. The SMILES string of the molecule is CCOC(=O)c1cnn(-c2nc(CCc3cccc(C(F)(F)F)c3)cs2)c1C(F)(F)F. The van der Waals surface area contributed by atoms with E-state index in [-0.39, 0.29) is 24.6 Å². The first kappa shape index (κ1) is 22.8. The van der Waals surface area contributed by atoms with Crippen molar-refractivity contribution < 1.29 is 35.9 Å². The maximum atomic E-state index is 13.6. The lowest BCUT2D eigenvalue weighted by Gasteiger charge is -2.10. The highest BCUT2D eigenvalue weighted by atomic mass is 32.1. The van der Waals surface area contributed by atoms with Gasteiger partial charge in [-0.1, -0.05) is 18.2 Å². The largest absolute Gasteiger partial charge is 0.462 e. The maximum Gasteiger partial charge on any atom is 0.434 e. The van der Waals surface area contributed by atoms with Crippen molar-refractivity contribution in [3.05, 3.63) is 63.9 Å². The van der Waals surface area contributed by atoms with Gasteiger partial charge in [0.05, 0.1) is 24.1 Å². The van der Waals surface area contributed by atoms with Gasteiger partial charge in [0.25, 0.3) is 0 Å². The van der Waals surface area contributed by atoms with Gasteiger partial charge >= 0.3 is 18.3 Å². The van der Waals surface area contributed by atoms with E-state index < -0.39 is 35.1 Å². The van der Waals surface area contributed by atoms with E-state index in [1.54, 1.807) is 0 Å². The van der Waals surface area contributed by atoms with Gasteiger partial charge in [-0.3, -0.25) is 0 Å². The van der Waals surface area contributed by atoms with Crippen LogP contribution in [0.4, 0.5) is 26.3 Å². The molecule has 5 nitrogen and oxygen atoms in total. The van der Waals surface area contributed by atoms with Crippen molar-refractivity contribution in [2.45, 2.75) is 32.1 Å². The lowest BCUT2D eigenvalue weighted by atomic mass is 10.1. The summed E-state index contributed by atoms with van der Waals surface area (Å²) in [5, 5.41) is 5.02. The number of carbonyl (C=O) groups excluding carboxylic acids is 1. The number of hydrogen-bond donors (Lipinski definition) is 0. The second-order valence-electron chi connectivity index (χ2n) is 6.36. The van der Waals surface area contributed by atoms with Gasteiger partial charge in [-0.2, -0.15) is 31.4 Å². The Bertz CT molecular complexity index is 1070. The Morgan fingerprint density at radius 1 is 1.13 bits per heavy atom. The van der Waals surface area contributed by atoms with Crippen molar-refractivity contribution >= 4 is 17.3 Å².